The summed E-state index contributed by atoms with van der Waals surface area (Å²) in [4.78, 5) is 10.5. The molecule has 0 aliphatic heterocycles. The van der Waals surface area contributed by atoms with Crippen LogP contribution in [0.15, 0.2) is 24.3 Å². The normalized spacial score (nSPS) is 12.1. The quantitative estimate of drug-likeness (QED) is 0.785. The molecule has 0 saturated heterocycles. The monoisotopic (exact) mass is 213 g/mol. The minimum absolute atomic E-state index is 0.322. The number of primary amides is 1. The number of halogens is 1. The van der Waals surface area contributed by atoms with Crippen LogP contribution in [0.4, 0.5) is 4.79 Å². The highest BCUT2D eigenvalue weighted by Gasteiger charge is 2.08. The number of benzene rings is 1. The topological polar surface area (TPSA) is 52.3 Å². The summed E-state index contributed by atoms with van der Waals surface area (Å²) in [6.07, 6.45) is -1.09. The van der Waals surface area contributed by atoms with E-state index in [2.05, 4.69) is 0 Å². The number of carbonyl (C=O) groups is 1. The second-order valence-electron chi connectivity index (χ2n) is 2.95. The Balaban J connectivity index is 2.71. The summed E-state index contributed by atoms with van der Waals surface area (Å²) >= 11 is 5.64. The largest absolute Gasteiger partial charge is 0.442 e. The van der Waals surface area contributed by atoms with E-state index in [1.54, 1.807) is 6.92 Å². The molecule has 2 N–H and O–H groups in total. The Kier molecular flexibility index (Phi) is 3.77. The molecule has 1 aromatic carbocycles. The molecule has 0 spiro atoms. The zero-order chi connectivity index (χ0) is 10.6. The fraction of sp³-hybridized carbons (Fsp3) is 0.300. The highest BCUT2D eigenvalue weighted by atomic mass is 35.5. The summed E-state index contributed by atoms with van der Waals surface area (Å²) < 4.78 is 4.82. The molecule has 1 rings (SSSR count). The molecule has 14 heavy (non-hydrogen) atoms. The maximum absolute atomic E-state index is 10.5. The maximum atomic E-state index is 10.5. The van der Waals surface area contributed by atoms with E-state index in [0.29, 0.717) is 5.88 Å². The first-order valence-electron chi connectivity index (χ1n) is 4.24. The Morgan fingerprint density at radius 3 is 2.50 bits per heavy atom. The van der Waals surface area contributed by atoms with Crippen molar-refractivity contribution in [3.8, 4) is 0 Å². The van der Waals surface area contributed by atoms with Gasteiger partial charge in [-0.1, -0.05) is 24.3 Å². The lowest BCUT2D eigenvalue weighted by molar-refractivity contribution is 0.116. The predicted molar refractivity (Wildman–Crippen MR) is 55.1 cm³/mol. The summed E-state index contributed by atoms with van der Waals surface area (Å²) in [6.45, 7) is 1.76. The second-order valence-corrected chi connectivity index (χ2v) is 3.22. The number of nitrogens with two attached hydrogens (primary N) is 1. The van der Waals surface area contributed by atoms with Gasteiger partial charge in [0.1, 0.15) is 6.10 Å². The standard InChI is InChI=1S/C10H12ClNO2/c1-7(14-10(12)13)9-4-2-8(6-11)3-5-9/h2-5,7H,6H2,1H3,(H2,12,13)/t7-/m0/s1. The number of carbonyl (C=O) groups excluding carboxylic acids is 1. The van der Waals surface area contributed by atoms with Gasteiger partial charge in [-0.05, 0) is 18.1 Å². The van der Waals surface area contributed by atoms with Gasteiger partial charge in [-0.3, -0.25) is 0 Å². The van der Waals surface area contributed by atoms with E-state index >= 15 is 0 Å². The van der Waals surface area contributed by atoms with Crippen molar-refractivity contribution < 1.29 is 9.53 Å². The smallest absolute Gasteiger partial charge is 0.405 e. The van der Waals surface area contributed by atoms with Crippen LogP contribution in [0.25, 0.3) is 0 Å². The molecule has 1 amide bonds. The van der Waals surface area contributed by atoms with E-state index in [-0.39, 0.29) is 6.10 Å². The first kappa shape index (κ1) is 10.9. The van der Waals surface area contributed by atoms with E-state index in [1.807, 2.05) is 24.3 Å². The van der Waals surface area contributed by atoms with Gasteiger partial charge in [0.25, 0.3) is 0 Å². The number of rotatable bonds is 3. The average molecular weight is 214 g/mol. The number of ether oxygens (including phenoxy) is 1. The van der Waals surface area contributed by atoms with E-state index in [4.69, 9.17) is 22.1 Å². The maximum Gasteiger partial charge on any atom is 0.405 e. The fourth-order valence-corrected chi connectivity index (χ4v) is 1.30. The molecule has 3 nitrogen and oxygen atoms in total. The molecule has 0 radical (unpaired) electrons. The van der Waals surface area contributed by atoms with Crippen molar-refractivity contribution in [1.82, 2.24) is 0 Å². The van der Waals surface area contributed by atoms with E-state index in [0.717, 1.165) is 11.1 Å². The van der Waals surface area contributed by atoms with Crippen molar-refractivity contribution in [2.75, 3.05) is 0 Å². The molecular weight excluding hydrogens is 202 g/mol. The van der Waals surface area contributed by atoms with Crippen LogP contribution in [-0.4, -0.2) is 6.09 Å². The Morgan fingerprint density at radius 1 is 1.50 bits per heavy atom. The molecule has 1 atom stereocenters. The fourth-order valence-electron chi connectivity index (χ4n) is 1.12. The van der Waals surface area contributed by atoms with E-state index in [1.165, 1.54) is 0 Å². The molecule has 0 aliphatic rings. The van der Waals surface area contributed by atoms with Gasteiger partial charge in [0.15, 0.2) is 0 Å². The van der Waals surface area contributed by atoms with Crippen LogP contribution in [0, 0.1) is 0 Å². The van der Waals surface area contributed by atoms with Gasteiger partial charge < -0.3 is 10.5 Å². The number of hydrogen-bond donors (Lipinski definition) is 1. The van der Waals surface area contributed by atoms with Crippen molar-refractivity contribution in [2.45, 2.75) is 18.9 Å². The lowest BCUT2D eigenvalue weighted by Gasteiger charge is -2.11. The van der Waals surface area contributed by atoms with Gasteiger partial charge in [0, 0.05) is 5.88 Å². The second kappa shape index (κ2) is 4.86. The summed E-state index contributed by atoms with van der Waals surface area (Å²) in [6, 6.07) is 7.52. The molecule has 76 valence electrons. The molecule has 4 heteroatoms. The van der Waals surface area contributed by atoms with Gasteiger partial charge in [-0.15, -0.1) is 11.6 Å². The molecule has 0 fully saturated rings. The highest BCUT2D eigenvalue weighted by molar-refractivity contribution is 6.17. The van der Waals surface area contributed by atoms with Crippen molar-refractivity contribution in [3.05, 3.63) is 35.4 Å². The van der Waals surface area contributed by atoms with Crippen LogP contribution in [0.5, 0.6) is 0 Å². The van der Waals surface area contributed by atoms with Crippen molar-refractivity contribution in [1.29, 1.82) is 0 Å². The molecule has 0 bridgehead atoms. The average Bonchev–Trinajstić information content (AvgIpc) is 2.17. The van der Waals surface area contributed by atoms with Crippen molar-refractivity contribution >= 4 is 17.7 Å². The Labute approximate surface area is 87.8 Å². The van der Waals surface area contributed by atoms with Crippen LogP contribution in [-0.2, 0) is 10.6 Å². The Hall–Kier alpha value is -1.22. The summed E-state index contributed by atoms with van der Waals surface area (Å²) in [5.41, 5.74) is 6.83. The summed E-state index contributed by atoms with van der Waals surface area (Å²) in [5, 5.41) is 0. The van der Waals surface area contributed by atoms with Gasteiger partial charge in [-0.2, -0.15) is 0 Å². The number of hydrogen-bond acceptors (Lipinski definition) is 2. The first-order valence-corrected chi connectivity index (χ1v) is 4.78. The van der Waals surface area contributed by atoms with Crippen LogP contribution >= 0.6 is 11.6 Å². The Bertz CT molecular complexity index is 310. The van der Waals surface area contributed by atoms with Crippen LogP contribution in [0.3, 0.4) is 0 Å². The molecular formula is C10H12ClNO2. The molecule has 0 unspecified atom stereocenters. The van der Waals surface area contributed by atoms with Crippen LogP contribution in [0.1, 0.15) is 24.2 Å². The molecule has 0 aliphatic carbocycles. The van der Waals surface area contributed by atoms with Gasteiger partial charge in [0.2, 0.25) is 0 Å². The first-order chi connectivity index (χ1) is 6.63. The van der Waals surface area contributed by atoms with Crippen LogP contribution in [0.2, 0.25) is 0 Å². The van der Waals surface area contributed by atoms with Gasteiger partial charge >= 0.3 is 6.09 Å². The third kappa shape index (κ3) is 2.92. The molecule has 0 aromatic heterocycles. The molecule has 0 saturated carbocycles. The predicted octanol–water partition coefficient (Wildman–Crippen LogP) is 2.58. The van der Waals surface area contributed by atoms with Crippen molar-refractivity contribution in [2.24, 2.45) is 5.73 Å². The highest BCUT2D eigenvalue weighted by Crippen LogP contribution is 2.17. The van der Waals surface area contributed by atoms with Crippen LogP contribution < -0.4 is 5.73 Å². The van der Waals surface area contributed by atoms with Crippen molar-refractivity contribution in [3.63, 3.8) is 0 Å². The minimum atomic E-state index is -0.765. The molecule has 1 aromatic rings. The zero-order valence-corrected chi connectivity index (χ0v) is 8.62. The third-order valence-electron chi connectivity index (χ3n) is 1.90. The zero-order valence-electron chi connectivity index (χ0n) is 7.87. The Morgan fingerprint density at radius 2 is 2.07 bits per heavy atom. The lowest BCUT2D eigenvalue weighted by atomic mass is 10.1. The lowest BCUT2D eigenvalue weighted by Crippen LogP contribution is -2.15. The number of amides is 1. The number of alkyl halides is 1. The SMILES string of the molecule is C[C@H](OC(N)=O)c1ccc(CCl)cc1. The summed E-state index contributed by atoms with van der Waals surface area (Å²) in [5.74, 6) is 0.478. The van der Waals surface area contributed by atoms with E-state index < -0.39 is 6.09 Å². The molecule has 0 heterocycles. The van der Waals surface area contributed by atoms with Gasteiger partial charge in [0.05, 0.1) is 0 Å². The third-order valence-corrected chi connectivity index (χ3v) is 2.20. The minimum Gasteiger partial charge on any atom is -0.442 e. The van der Waals surface area contributed by atoms with E-state index in [9.17, 15) is 4.79 Å². The van der Waals surface area contributed by atoms with Gasteiger partial charge in [-0.25, -0.2) is 4.79 Å². The summed E-state index contributed by atoms with van der Waals surface area (Å²) in [7, 11) is 0.